The first-order chi connectivity index (χ1) is 15.7. The molecule has 2 aromatic rings. The molecule has 6 heteroatoms. The fourth-order valence-electron chi connectivity index (χ4n) is 4.36. The summed E-state index contributed by atoms with van der Waals surface area (Å²) >= 11 is 3.50. The second-order valence-corrected chi connectivity index (χ2v) is 10.1. The molecule has 0 heterocycles. The zero-order chi connectivity index (χ0) is 24.0. The fraction of sp³-hybridized carbons (Fsp3) is 0.481. The topological polar surface area (TPSA) is 58.6 Å². The number of ether oxygens (including phenoxy) is 1. The van der Waals surface area contributed by atoms with Crippen LogP contribution in [0.15, 0.2) is 40.9 Å². The summed E-state index contributed by atoms with van der Waals surface area (Å²) in [7, 11) is 0. The van der Waals surface area contributed by atoms with Crippen molar-refractivity contribution in [3.63, 3.8) is 0 Å². The Hall–Kier alpha value is -2.34. The van der Waals surface area contributed by atoms with Gasteiger partial charge in [-0.05, 0) is 81.0 Å². The zero-order valence-electron chi connectivity index (χ0n) is 20.1. The van der Waals surface area contributed by atoms with Crippen molar-refractivity contribution >= 4 is 27.7 Å². The molecular weight excluding hydrogens is 480 g/mol. The van der Waals surface area contributed by atoms with Gasteiger partial charge in [-0.2, -0.15) is 0 Å². The lowest BCUT2D eigenvalue weighted by Gasteiger charge is -2.31. The van der Waals surface area contributed by atoms with Crippen molar-refractivity contribution in [1.29, 1.82) is 0 Å². The SMILES string of the molecule is Cc1cc(C)c(C)c(OCC(=O)N(Cc2cccc(Br)c2)[C@H](C)C(=O)NC2CCCCC2)c1. The van der Waals surface area contributed by atoms with Crippen LogP contribution in [0.1, 0.15) is 61.3 Å². The van der Waals surface area contributed by atoms with Crippen molar-refractivity contribution in [3.8, 4) is 5.75 Å². The van der Waals surface area contributed by atoms with Crippen LogP contribution in [0.5, 0.6) is 5.75 Å². The summed E-state index contributed by atoms with van der Waals surface area (Å²) in [5.74, 6) is 0.398. The van der Waals surface area contributed by atoms with Crippen LogP contribution in [0.2, 0.25) is 0 Å². The molecule has 2 amide bonds. The van der Waals surface area contributed by atoms with E-state index in [1.54, 1.807) is 11.8 Å². The molecule has 1 fully saturated rings. The predicted octanol–water partition coefficient (Wildman–Crippen LogP) is 5.62. The number of benzene rings is 2. The maximum atomic E-state index is 13.3. The Labute approximate surface area is 206 Å². The van der Waals surface area contributed by atoms with Gasteiger partial charge in [0.15, 0.2) is 6.61 Å². The Morgan fingerprint density at radius 3 is 2.55 bits per heavy atom. The number of amides is 2. The molecular formula is C27H35BrN2O3. The summed E-state index contributed by atoms with van der Waals surface area (Å²) < 4.78 is 6.89. The van der Waals surface area contributed by atoms with Gasteiger partial charge in [-0.25, -0.2) is 0 Å². The molecule has 1 N–H and O–H groups in total. The maximum absolute atomic E-state index is 13.3. The number of carbonyl (C=O) groups is 2. The third-order valence-electron chi connectivity index (χ3n) is 6.48. The van der Waals surface area contributed by atoms with Crippen LogP contribution in [-0.2, 0) is 16.1 Å². The van der Waals surface area contributed by atoms with E-state index >= 15 is 0 Å². The molecule has 1 saturated carbocycles. The fourth-order valence-corrected chi connectivity index (χ4v) is 4.80. The molecule has 0 radical (unpaired) electrons. The van der Waals surface area contributed by atoms with Crippen LogP contribution in [-0.4, -0.2) is 35.4 Å². The van der Waals surface area contributed by atoms with Crippen molar-refractivity contribution in [2.24, 2.45) is 0 Å². The molecule has 5 nitrogen and oxygen atoms in total. The average molecular weight is 515 g/mol. The molecule has 1 atom stereocenters. The first kappa shape index (κ1) is 25.3. The number of nitrogens with zero attached hydrogens (tertiary/aromatic N) is 1. The Bertz CT molecular complexity index is 985. The van der Waals surface area contributed by atoms with Gasteiger partial charge in [0.1, 0.15) is 11.8 Å². The zero-order valence-corrected chi connectivity index (χ0v) is 21.7. The van der Waals surface area contributed by atoms with Crippen LogP contribution in [0.25, 0.3) is 0 Å². The number of halogens is 1. The van der Waals surface area contributed by atoms with Crippen molar-refractivity contribution in [3.05, 3.63) is 63.1 Å². The van der Waals surface area contributed by atoms with Gasteiger partial charge in [0, 0.05) is 17.1 Å². The van der Waals surface area contributed by atoms with Crippen LogP contribution >= 0.6 is 15.9 Å². The highest BCUT2D eigenvalue weighted by Crippen LogP contribution is 2.24. The van der Waals surface area contributed by atoms with E-state index in [1.807, 2.05) is 51.1 Å². The van der Waals surface area contributed by atoms with Gasteiger partial charge in [-0.15, -0.1) is 0 Å². The van der Waals surface area contributed by atoms with Crippen LogP contribution < -0.4 is 10.1 Å². The second-order valence-electron chi connectivity index (χ2n) is 9.16. The smallest absolute Gasteiger partial charge is 0.261 e. The maximum Gasteiger partial charge on any atom is 0.261 e. The minimum Gasteiger partial charge on any atom is -0.483 e. The minimum absolute atomic E-state index is 0.104. The summed E-state index contributed by atoms with van der Waals surface area (Å²) in [6, 6.07) is 11.5. The normalized spacial score (nSPS) is 15.1. The van der Waals surface area contributed by atoms with E-state index in [1.165, 1.54) is 6.42 Å². The lowest BCUT2D eigenvalue weighted by atomic mass is 9.95. The van der Waals surface area contributed by atoms with E-state index in [0.29, 0.717) is 12.3 Å². The Balaban J connectivity index is 1.75. The second kappa shape index (κ2) is 11.7. The third-order valence-corrected chi connectivity index (χ3v) is 6.97. The monoisotopic (exact) mass is 514 g/mol. The largest absolute Gasteiger partial charge is 0.483 e. The number of hydrogen-bond donors (Lipinski definition) is 1. The highest BCUT2D eigenvalue weighted by molar-refractivity contribution is 9.10. The number of hydrogen-bond acceptors (Lipinski definition) is 3. The highest BCUT2D eigenvalue weighted by Gasteiger charge is 2.28. The first-order valence-electron chi connectivity index (χ1n) is 11.8. The number of aryl methyl sites for hydroxylation is 2. The van der Waals surface area contributed by atoms with Gasteiger partial charge >= 0.3 is 0 Å². The van der Waals surface area contributed by atoms with E-state index in [4.69, 9.17) is 4.74 Å². The standard InChI is InChI=1S/C27H35BrN2O3/c1-18-13-19(2)20(3)25(14-18)33-17-26(31)30(16-22-9-8-10-23(28)15-22)21(4)27(32)29-24-11-6-5-7-12-24/h8-10,13-15,21,24H,5-7,11-12,16-17H2,1-4H3,(H,29,32)/t21-/m1/s1. The molecule has 33 heavy (non-hydrogen) atoms. The average Bonchev–Trinajstić information content (AvgIpc) is 2.79. The summed E-state index contributed by atoms with van der Waals surface area (Å²) in [6.45, 7) is 8.07. The number of rotatable bonds is 8. The lowest BCUT2D eigenvalue weighted by Crippen LogP contribution is -2.51. The molecule has 0 unspecified atom stereocenters. The molecule has 0 aromatic heterocycles. The summed E-state index contributed by atoms with van der Waals surface area (Å²) in [5, 5.41) is 3.17. The lowest BCUT2D eigenvalue weighted by molar-refractivity contribution is -0.142. The van der Waals surface area contributed by atoms with E-state index in [9.17, 15) is 9.59 Å². The molecule has 2 aromatic carbocycles. The van der Waals surface area contributed by atoms with Crippen molar-refractivity contribution < 1.29 is 14.3 Å². The molecule has 0 spiro atoms. The summed E-state index contributed by atoms with van der Waals surface area (Å²) in [4.78, 5) is 28.0. The molecule has 0 aliphatic heterocycles. The molecule has 0 bridgehead atoms. The van der Waals surface area contributed by atoms with Crippen LogP contribution in [0.3, 0.4) is 0 Å². The number of nitrogens with one attached hydrogen (secondary N) is 1. The minimum atomic E-state index is -0.595. The predicted molar refractivity (Wildman–Crippen MR) is 135 cm³/mol. The van der Waals surface area contributed by atoms with Gasteiger partial charge < -0.3 is 15.0 Å². The van der Waals surface area contributed by atoms with Crippen molar-refractivity contribution in [2.45, 2.75) is 78.4 Å². The van der Waals surface area contributed by atoms with Gasteiger partial charge in [0.25, 0.3) is 5.91 Å². The van der Waals surface area contributed by atoms with E-state index in [2.05, 4.69) is 27.3 Å². The molecule has 0 saturated heterocycles. The Kier molecular flexibility index (Phi) is 8.95. The molecule has 1 aliphatic rings. The van der Waals surface area contributed by atoms with E-state index in [-0.39, 0.29) is 24.5 Å². The third kappa shape index (κ3) is 7.07. The Morgan fingerprint density at radius 1 is 1.12 bits per heavy atom. The van der Waals surface area contributed by atoms with Crippen LogP contribution in [0, 0.1) is 20.8 Å². The van der Waals surface area contributed by atoms with Crippen molar-refractivity contribution in [2.75, 3.05) is 6.61 Å². The van der Waals surface area contributed by atoms with E-state index in [0.717, 1.165) is 52.4 Å². The van der Waals surface area contributed by atoms with Gasteiger partial charge in [-0.3, -0.25) is 9.59 Å². The highest BCUT2D eigenvalue weighted by atomic mass is 79.9. The quantitative estimate of drug-likeness (QED) is 0.497. The molecule has 3 rings (SSSR count). The van der Waals surface area contributed by atoms with Gasteiger partial charge in [0.05, 0.1) is 0 Å². The summed E-state index contributed by atoms with van der Waals surface area (Å²) in [5.41, 5.74) is 4.20. The molecule has 178 valence electrons. The first-order valence-corrected chi connectivity index (χ1v) is 12.6. The summed E-state index contributed by atoms with van der Waals surface area (Å²) in [6.07, 6.45) is 5.52. The number of carbonyl (C=O) groups excluding carboxylic acids is 2. The van der Waals surface area contributed by atoms with Crippen LogP contribution in [0.4, 0.5) is 0 Å². The molecule has 1 aliphatic carbocycles. The van der Waals surface area contributed by atoms with E-state index < -0.39 is 6.04 Å². The van der Waals surface area contributed by atoms with Gasteiger partial charge in [-0.1, -0.05) is 53.4 Å². The van der Waals surface area contributed by atoms with Gasteiger partial charge in [0.2, 0.25) is 5.91 Å². The van der Waals surface area contributed by atoms with Crippen molar-refractivity contribution in [1.82, 2.24) is 10.2 Å². The Morgan fingerprint density at radius 2 is 1.85 bits per heavy atom.